The van der Waals surface area contributed by atoms with Gasteiger partial charge in [-0.05, 0) is 55.0 Å². The van der Waals surface area contributed by atoms with E-state index in [-0.39, 0.29) is 18.1 Å². The first kappa shape index (κ1) is 20.4. The Labute approximate surface area is 183 Å². The van der Waals surface area contributed by atoms with E-state index in [0.717, 1.165) is 41.2 Å². The Hall–Kier alpha value is -2.84. The van der Waals surface area contributed by atoms with Crippen molar-refractivity contribution in [2.24, 2.45) is 0 Å². The second-order valence-corrected chi connectivity index (χ2v) is 8.54. The summed E-state index contributed by atoms with van der Waals surface area (Å²) in [6.45, 7) is 1.73. The number of nitrogens with one attached hydrogen (secondary N) is 1. The van der Waals surface area contributed by atoms with Crippen LogP contribution < -0.4 is 21.5 Å². The second-order valence-electron chi connectivity index (χ2n) is 7.19. The van der Waals surface area contributed by atoms with Crippen LogP contribution in [0.4, 0.5) is 17.1 Å². The number of carbonyl (C=O) groups is 1. The van der Waals surface area contributed by atoms with Gasteiger partial charge in [-0.25, -0.2) is 4.68 Å². The van der Waals surface area contributed by atoms with E-state index < -0.39 is 5.56 Å². The number of carbonyl (C=O) groups excluding carboxylic acids is 1. The second kappa shape index (κ2) is 8.89. The maximum Gasteiger partial charge on any atom is 0.290 e. The lowest BCUT2D eigenvalue weighted by molar-refractivity contribution is -0.117. The number of nitrogens with zero attached hydrogens (tertiary/aromatic N) is 3. The van der Waals surface area contributed by atoms with E-state index in [4.69, 9.17) is 17.3 Å². The molecule has 3 aromatic rings. The third-order valence-electron chi connectivity index (χ3n) is 5.00. The first-order valence-electron chi connectivity index (χ1n) is 9.77. The number of aromatic nitrogens is 2. The van der Waals surface area contributed by atoms with Crippen molar-refractivity contribution in [3.63, 3.8) is 0 Å². The number of thiophene rings is 1. The van der Waals surface area contributed by atoms with Crippen LogP contribution in [0.25, 0.3) is 10.6 Å². The van der Waals surface area contributed by atoms with Crippen molar-refractivity contribution in [3.8, 4) is 10.6 Å². The molecule has 0 radical (unpaired) electrons. The zero-order valence-corrected chi connectivity index (χ0v) is 17.9. The van der Waals surface area contributed by atoms with E-state index in [9.17, 15) is 9.59 Å². The average molecular weight is 444 g/mol. The lowest BCUT2D eigenvalue weighted by atomic mass is 10.1. The van der Waals surface area contributed by atoms with Gasteiger partial charge in [0, 0.05) is 18.8 Å². The maximum absolute atomic E-state index is 12.5. The number of nitrogens with two attached hydrogens (primary N) is 1. The van der Waals surface area contributed by atoms with Crippen LogP contribution >= 0.6 is 22.9 Å². The smallest absolute Gasteiger partial charge is 0.290 e. The third-order valence-corrected chi connectivity index (χ3v) is 6.19. The molecule has 7 nitrogen and oxygen atoms in total. The summed E-state index contributed by atoms with van der Waals surface area (Å²) in [5.74, 6) is -0.380. The van der Waals surface area contributed by atoms with Gasteiger partial charge < -0.3 is 16.0 Å². The monoisotopic (exact) mass is 443 g/mol. The Morgan fingerprint density at radius 3 is 2.70 bits per heavy atom. The predicted molar refractivity (Wildman–Crippen MR) is 122 cm³/mol. The summed E-state index contributed by atoms with van der Waals surface area (Å²) < 4.78 is 1.09. The predicted octanol–water partition coefficient (Wildman–Crippen LogP) is 3.84. The fourth-order valence-corrected chi connectivity index (χ4v) is 4.51. The van der Waals surface area contributed by atoms with Gasteiger partial charge in [-0.15, -0.1) is 11.3 Å². The fraction of sp³-hybridized carbons (Fsp3) is 0.286. The van der Waals surface area contributed by atoms with Crippen molar-refractivity contribution in [1.29, 1.82) is 0 Å². The number of benzene rings is 1. The lowest BCUT2D eigenvalue weighted by Crippen LogP contribution is -2.31. The van der Waals surface area contributed by atoms with Gasteiger partial charge in [0.2, 0.25) is 5.91 Å². The van der Waals surface area contributed by atoms with Crippen molar-refractivity contribution in [1.82, 2.24) is 9.78 Å². The van der Waals surface area contributed by atoms with E-state index in [2.05, 4.69) is 15.3 Å². The van der Waals surface area contributed by atoms with Gasteiger partial charge in [-0.2, -0.15) is 5.10 Å². The van der Waals surface area contributed by atoms with Crippen LogP contribution in [-0.4, -0.2) is 28.8 Å². The van der Waals surface area contributed by atoms with E-state index in [1.54, 1.807) is 6.07 Å². The number of amides is 1. The van der Waals surface area contributed by atoms with E-state index in [1.165, 1.54) is 23.8 Å². The Morgan fingerprint density at radius 2 is 2.00 bits per heavy atom. The number of hydrogen-bond acceptors (Lipinski definition) is 6. The quantitative estimate of drug-likeness (QED) is 0.625. The highest BCUT2D eigenvalue weighted by atomic mass is 35.5. The molecule has 3 N–H and O–H groups in total. The molecule has 9 heteroatoms. The summed E-state index contributed by atoms with van der Waals surface area (Å²) in [5.41, 5.74) is 7.50. The molecule has 1 saturated heterocycles. The average Bonchev–Trinajstić information content (AvgIpc) is 3.27. The molecule has 156 valence electrons. The van der Waals surface area contributed by atoms with Crippen molar-refractivity contribution in [3.05, 3.63) is 57.2 Å². The minimum atomic E-state index is -0.496. The molecule has 2 aromatic heterocycles. The highest BCUT2D eigenvalue weighted by molar-refractivity contribution is 7.13. The molecule has 0 unspecified atom stereocenters. The molecule has 4 rings (SSSR count). The lowest BCUT2D eigenvalue weighted by Gasteiger charge is -2.29. The van der Waals surface area contributed by atoms with Gasteiger partial charge in [0.05, 0.1) is 15.6 Å². The van der Waals surface area contributed by atoms with Gasteiger partial charge in [0.15, 0.2) is 0 Å². The fourth-order valence-electron chi connectivity index (χ4n) is 3.53. The number of piperidine rings is 1. The number of nitrogen functional groups attached to an aromatic ring is 1. The minimum absolute atomic E-state index is 0.0510. The molecule has 1 aliphatic rings. The van der Waals surface area contributed by atoms with Crippen molar-refractivity contribution < 1.29 is 4.79 Å². The minimum Gasteiger partial charge on any atom is -0.394 e. The molecule has 0 spiro atoms. The number of hydrogen-bond donors (Lipinski definition) is 2. The summed E-state index contributed by atoms with van der Waals surface area (Å²) in [5, 5.41) is 9.57. The molecule has 0 atom stereocenters. The number of anilines is 3. The standard InChI is InChI=1S/C21H22ClN5O2S/c22-15-11-14(6-7-18(15)26-8-2-1-3-9-26)24-20(28)13-27-21(29)16(23)12-17(25-27)19-5-4-10-30-19/h4-7,10-12H,1-3,8-9,13,23H2,(H,24,28). The molecular formula is C21H22ClN5O2S. The highest BCUT2D eigenvalue weighted by Crippen LogP contribution is 2.31. The Kier molecular flexibility index (Phi) is 6.06. The molecule has 0 saturated carbocycles. The van der Waals surface area contributed by atoms with Crippen molar-refractivity contribution in [2.45, 2.75) is 25.8 Å². The number of rotatable bonds is 5. The van der Waals surface area contributed by atoms with Gasteiger partial charge in [0.25, 0.3) is 5.56 Å². The summed E-state index contributed by atoms with van der Waals surface area (Å²) in [4.78, 5) is 28.0. The molecule has 1 amide bonds. The molecule has 30 heavy (non-hydrogen) atoms. The largest absolute Gasteiger partial charge is 0.394 e. The van der Waals surface area contributed by atoms with Crippen LogP contribution in [0.3, 0.4) is 0 Å². The van der Waals surface area contributed by atoms with Crippen LogP contribution in [0, 0.1) is 0 Å². The van der Waals surface area contributed by atoms with Crippen LogP contribution in [0.5, 0.6) is 0 Å². The zero-order chi connectivity index (χ0) is 21.1. The van der Waals surface area contributed by atoms with Crippen LogP contribution in [0.1, 0.15) is 19.3 Å². The molecule has 1 fully saturated rings. The molecule has 0 aliphatic carbocycles. The van der Waals surface area contributed by atoms with E-state index >= 15 is 0 Å². The Balaban J connectivity index is 1.48. The van der Waals surface area contributed by atoms with Gasteiger partial charge in [0.1, 0.15) is 17.9 Å². The van der Waals surface area contributed by atoms with Crippen molar-refractivity contribution >= 4 is 45.9 Å². The van der Waals surface area contributed by atoms with Crippen LogP contribution in [-0.2, 0) is 11.3 Å². The molecule has 0 bridgehead atoms. The first-order valence-corrected chi connectivity index (χ1v) is 11.0. The molecule has 1 aliphatic heterocycles. The first-order chi connectivity index (χ1) is 14.5. The highest BCUT2D eigenvalue weighted by Gasteiger charge is 2.16. The van der Waals surface area contributed by atoms with Crippen molar-refractivity contribution in [2.75, 3.05) is 29.0 Å². The SMILES string of the molecule is Nc1cc(-c2cccs2)nn(CC(=O)Nc2ccc(N3CCCCC3)c(Cl)c2)c1=O. The maximum atomic E-state index is 12.5. The number of halogens is 1. The summed E-state index contributed by atoms with van der Waals surface area (Å²) >= 11 is 7.94. The van der Waals surface area contributed by atoms with Gasteiger partial charge >= 0.3 is 0 Å². The Bertz CT molecular complexity index is 1110. The molecule has 3 heterocycles. The Morgan fingerprint density at radius 1 is 1.20 bits per heavy atom. The summed E-state index contributed by atoms with van der Waals surface area (Å²) in [6, 6.07) is 10.8. The molecular weight excluding hydrogens is 422 g/mol. The normalized spacial score (nSPS) is 14.0. The third kappa shape index (κ3) is 4.49. The van der Waals surface area contributed by atoms with Gasteiger partial charge in [-0.3, -0.25) is 9.59 Å². The topological polar surface area (TPSA) is 93.2 Å². The van der Waals surface area contributed by atoms with Gasteiger partial charge in [-0.1, -0.05) is 17.7 Å². The molecule has 1 aromatic carbocycles. The van der Waals surface area contributed by atoms with E-state index in [0.29, 0.717) is 16.4 Å². The summed E-state index contributed by atoms with van der Waals surface area (Å²) in [6.07, 6.45) is 3.56. The van der Waals surface area contributed by atoms with E-state index in [1.807, 2.05) is 29.6 Å². The van der Waals surface area contributed by atoms with Crippen LogP contribution in [0.2, 0.25) is 5.02 Å². The van der Waals surface area contributed by atoms with Crippen LogP contribution in [0.15, 0.2) is 46.6 Å². The summed E-state index contributed by atoms with van der Waals surface area (Å²) in [7, 11) is 0. The zero-order valence-electron chi connectivity index (χ0n) is 16.3.